The number of hydrogen-bond acceptors (Lipinski definition) is 5. The van der Waals surface area contributed by atoms with E-state index in [-0.39, 0.29) is 28.5 Å². The molecule has 4 rings (SSSR count). The van der Waals surface area contributed by atoms with E-state index in [0.29, 0.717) is 60.7 Å². The van der Waals surface area contributed by atoms with Crippen molar-refractivity contribution < 1.29 is 33.7 Å². The van der Waals surface area contributed by atoms with E-state index in [1.54, 1.807) is 42.5 Å². The van der Waals surface area contributed by atoms with Crippen LogP contribution in [-0.4, -0.2) is 35.2 Å². The Kier molecular flexibility index (Phi) is 9.74. The van der Waals surface area contributed by atoms with E-state index < -0.39 is 5.97 Å². The average molecular weight is 557 g/mol. The fourth-order valence-electron chi connectivity index (χ4n) is 4.74. The van der Waals surface area contributed by atoms with Crippen molar-refractivity contribution in [2.24, 2.45) is 0 Å². The SMILES string of the molecule is CCCc1c(OCCCOc2cc(O)c(-c3ccc(F)cc3)cc2CC)cccc1C(=O)c1ccccc1C(=O)O. The van der Waals surface area contributed by atoms with Gasteiger partial charge in [-0.25, -0.2) is 9.18 Å². The molecule has 0 spiro atoms. The molecule has 0 amide bonds. The number of ether oxygens (including phenoxy) is 2. The zero-order valence-electron chi connectivity index (χ0n) is 23.2. The summed E-state index contributed by atoms with van der Waals surface area (Å²) >= 11 is 0. The summed E-state index contributed by atoms with van der Waals surface area (Å²) in [5.74, 6) is -0.627. The molecule has 7 heteroatoms. The van der Waals surface area contributed by atoms with Gasteiger partial charge < -0.3 is 19.7 Å². The van der Waals surface area contributed by atoms with Crippen LogP contribution in [0.3, 0.4) is 0 Å². The number of carbonyl (C=O) groups excluding carboxylic acids is 1. The van der Waals surface area contributed by atoms with Gasteiger partial charge >= 0.3 is 5.97 Å². The predicted molar refractivity (Wildman–Crippen MR) is 156 cm³/mol. The molecule has 0 unspecified atom stereocenters. The molecular formula is C34H33FO6. The van der Waals surface area contributed by atoms with Gasteiger partial charge in [0.05, 0.1) is 18.8 Å². The molecule has 0 bridgehead atoms. The van der Waals surface area contributed by atoms with E-state index in [1.807, 2.05) is 26.0 Å². The number of phenolic OH excluding ortho intramolecular Hbond substituents is 1. The van der Waals surface area contributed by atoms with Gasteiger partial charge in [0.2, 0.25) is 0 Å². The Hall–Kier alpha value is -4.65. The van der Waals surface area contributed by atoms with E-state index in [0.717, 1.165) is 17.5 Å². The minimum atomic E-state index is -1.15. The van der Waals surface area contributed by atoms with Crippen molar-refractivity contribution in [1.82, 2.24) is 0 Å². The molecule has 0 saturated carbocycles. The third-order valence-corrected chi connectivity index (χ3v) is 6.80. The number of carboxylic acid groups (broad SMARTS) is 1. The maximum Gasteiger partial charge on any atom is 0.336 e. The van der Waals surface area contributed by atoms with Crippen molar-refractivity contribution in [1.29, 1.82) is 0 Å². The lowest BCUT2D eigenvalue weighted by atomic mass is 9.93. The lowest BCUT2D eigenvalue weighted by Gasteiger charge is -2.16. The second-order valence-electron chi connectivity index (χ2n) is 9.60. The fraction of sp³-hybridized carbons (Fsp3) is 0.235. The number of carbonyl (C=O) groups is 2. The monoisotopic (exact) mass is 556 g/mol. The lowest BCUT2D eigenvalue weighted by molar-refractivity contribution is 0.0692. The Morgan fingerprint density at radius 2 is 1.46 bits per heavy atom. The molecule has 0 radical (unpaired) electrons. The lowest BCUT2D eigenvalue weighted by Crippen LogP contribution is -2.13. The molecule has 0 atom stereocenters. The Morgan fingerprint density at radius 1 is 0.805 bits per heavy atom. The van der Waals surface area contributed by atoms with Crippen molar-refractivity contribution in [3.05, 3.63) is 112 Å². The van der Waals surface area contributed by atoms with Crippen molar-refractivity contribution >= 4 is 11.8 Å². The summed E-state index contributed by atoms with van der Waals surface area (Å²) in [4.78, 5) is 25.1. The fourth-order valence-corrected chi connectivity index (χ4v) is 4.74. The number of benzene rings is 4. The minimum absolute atomic E-state index is 0.0356. The number of halogens is 1. The molecule has 6 nitrogen and oxygen atoms in total. The highest BCUT2D eigenvalue weighted by molar-refractivity contribution is 6.15. The summed E-state index contributed by atoms with van der Waals surface area (Å²) in [7, 11) is 0. The number of aromatic carboxylic acids is 1. The number of aryl methyl sites for hydroxylation is 1. The summed E-state index contributed by atoms with van der Waals surface area (Å²) in [5.41, 5.74) is 3.53. The Bertz CT molecular complexity index is 1530. The van der Waals surface area contributed by atoms with Crippen LogP contribution in [0.15, 0.2) is 78.9 Å². The summed E-state index contributed by atoms with van der Waals surface area (Å²) in [5, 5.41) is 20.2. The van der Waals surface area contributed by atoms with E-state index in [4.69, 9.17) is 9.47 Å². The second kappa shape index (κ2) is 13.6. The highest BCUT2D eigenvalue weighted by Crippen LogP contribution is 2.36. The molecule has 0 fully saturated rings. The van der Waals surface area contributed by atoms with Gasteiger partial charge in [0.15, 0.2) is 5.78 Å². The number of rotatable bonds is 13. The van der Waals surface area contributed by atoms with Crippen LogP contribution < -0.4 is 9.47 Å². The van der Waals surface area contributed by atoms with Gasteiger partial charge in [0, 0.05) is 34.7 Å². The Balaban J connectivity index is 1.43. The standard InChI is InChI=1S/C34H33FO6/c1-3-9-25-26(33(37)27-10-5-6-11-28(27)34(38)39)12-7-13-31(25)40-18-8-19-41-32-21-30(36)29(20-22(32)4-2)23-14-16-24(35)17-15-23/h5-7,10-17,20-21,36H,3-4,8-9,18-19H2,1-2H3,(H,38,39). The van der Waals surface area contributed by atoms with Crippen LogP contribution in [0.5, 0.6) is 17.2 Å². The highest BCUT2D eigenvalue weighted by Gasteiger charge is 2.21. The van der Waals surface area contributed by atoms with Gasteiger partial charge in [-0.05, 0) is 54.3 Å². The van der Waals surface area contributed by atoms with E-state index in [2.05, 4.69) is 0 Å². The van der Waals surface area contributed by atoms with Crippen molar-refractivity contribution in [2.45, 2.75) is 39.5 Å². The zero-order chi connectivity index (χ0) is 29.4. The largest absolute Gasteiger partial charge is 0.507 e. The van der Waals surface area contributed by atoms with Crippen molar-refractivity contribution in [2.75, 3.05) is 13.2 Å². The first-order valence-electron chi connectivity index (χ1n) is 13.7. The maximum atomic E-state index is 13.4. The van der Waals surface area contributed by atoms with Crippen molar-refractivity contribution in [3.63, 3.8) is 0 Å². The normalized spacial score (nSPS) is 10.8. The number of phenols is 1. The van der Waals surface area contributed by atoms with Gasteiger partial charge in [0.1, 0.15) is 23.1 Å². The number of aromatic hydroxyl groups is 1. The number of ketones is 1. The first-order valence-corrected chi connectivity index (χ1v) is 13.7. The summed E-state index contributed by atoms with van der Waals surface area (Å²) in [6.07, 6.45) is 2.62. The maximum absolute atomic E-state index is 13.4. The van der Waals surface area contributed by atoms with Crippen LogP contribution in [0.25, 0.3) is 11.1 Å². The van der Waals surface area contributed by atoms with Gasteiger partial charge in [-0.2, -0.15) is 0 Å². The highest BCUT2D eigenvalue weighted by atomic mass is 19.1. The third kappa shape index (κ3) is 6.92. The molecular weight excluding hydrogens is 523 g/mol. The molecule has 0 aromatic heterocycles. The molecule has 2 N–H and O–H groups in total. The van der Waals surface area contributed by atoms with Gasteiger partial charge in [-0.15, -0.1) is 0 Å². The van der Waals surface area contributed by atoms with Crippen LogP contribution >= 0.6 is 0 Å². The van der Waals surface area contributed by atoms with E-state index >= 15 is 0 Å². The summed E-state index contributed by atoms with van der Waals surface area (Å²) in [6.45, 7) is 4.68. The van der Waals surface area contributed by atoms with Crippen LogP contribution in [0.2, 0.25) is 0 Å². The summed E-state index contributed by atoms with van der Waals surface area (Å²) < 4.78 is 25.4. The second-order valence-corrected chi connectivity index (χ2v) is 9.60. The summed E-state index contributed by atoms with van der Waals surface area (Å²) in [6, 6.07) is 20.9. The van der Waals surface area contributed by atoms with E-state index in [9.17, 15) is 24.2 Å². The molecule has 4 aromatic rings. The van der Waals surface area contributed by atoms with Gasteiger partial charge in [0.25, 0.3) is 0 Å². The van der Waals surface area contributed by atoms with Crippen LogP contribution in [0.1, 0.15) is 64.1 Å². The number of hydrogen-bond donors (Lipinski definition) is 2. The molecule has 0 heterocycles. The Morgan fingerprint density at radius 3 is 2.12 bits per heavy atom. The molecule has 41 heavy (non-hydrogen) atoms. The topological polar surface area (TPSA) is 93.1 Å². The molecule has 212 valence electrons. The molecule has 0 aliphatic heterocycles. The van der Waals surface area contributed by atoms with Crippen LogP contribution in [0.4, 0.5) is 4.39 Å². The third-order valence-electron chi connectivity index (χ3n) is 6.80. The predicted octanol–water partition coefficient (Wildman–Crippen LogP) is 7.49. The minimum Gasteiger partial charge on any atom is -0.507 e. The Labute approximate surface area is 239 Å². The average Bonchev–Trinajstić information content (AvgIpc) is 2.98. The quantitative estimate of drug-likeness (QED) is 0.131. The van der Waals surface area contributed by atoms with Crippen molar-refractivity contribution in [3.8, 4) is 28.4 Å². The molecule has 0 saturated heterocycles. The van der Waals surface area contributed by atoms with E-state index in [1.165, 1.54) is 24.3 Å². The van der Waals surface area contributed by atoms with Crippen LogP contribution in [0, 0.1) is 5.82 Å². The molecule has 4 aromatic carbocycles. The zero-order valence-corrected chi connectivity index (χ0v) is 23.2. The van der Waals surface area contributed by atoms with Gasteiger partial charge in [-0.1, -0.05) is 62.7 Å². The first kappa shape index (κ1) is 29.3. The van der Waals surface area contributed by atoms with Gasteiger partial charge in [-0.3, -0.25) is 4.79 Å². The first-order chi connectivity index (χ1) is 19.8. The molecule has 0 aliphatic carbocycles. The smallest absolute Gasteiger partial charge is 0.336 e. The van der Waals surface area contributed by atoms with Crippen LogP contribution in [-0.2, 0) is 12.8 Å². The molecule has 0 aliphatic rings. The number of carboxylic acids is 1.